The van der Waals surface area contributed by atoms with E-state index in [0.29, 0.717) is 12.4 Å². The van der Waals surface area contributed by atoms with E-state index < -0.39 is 5.91 Å². The van der Waals surface area contributed by atoms with Crippen molar-refractivity contribution in [2.24, 2.45) is 5.84 Å². The molecule has 0 aliphatic carbocycles. The number of nitrogens with two attached hydrogens (primary N) is 1. The van der Waals surface area contributed by atoms with Crippen LogP contribution < -0.4 is 16.0 Å². The van der Waals surface area contributed by atoms with Gasteiger partial charge in [0, 0.05) is 6.07 Å². The molecule has 124 valence electrons. The molecule has 0 saturated carbocycles. The maximum Gasteiger partial charge on any atom is 0.287 e. The first-order valence-electron chi connectivity index (χ1n) is 7.96. The van der Waals surface area contributed by atoms with E-state index in [-0.39, 0.29) is 5.69 Å². The fourth-order valence-corrected chi connectivity index (χ4v) is 2.27. The second-order valence-corrected chi connectivity index (χ2v) is 5.31. The van der Waals surface area contributed by atoms with Gasteiger partial charge in [-0.15, -0.1) is 0 Å². The number of amides is 1. The largest absolute Gasteiger partial charge is 0.493 e. The highest BCUT2D eigenvalue weighted by atomic mass is 16.5. The number of nitrogens with one attached hydrogen (secondary N) is 1. The van der Waals surface area contributed by atoms with Gasteiger partial charge < -0.3 is 9.26 Å². The highest BCUT2D eigenvalue weighted by Crippen LogP contribution is 2.30. The van der Waals surface area contributed by atoms with Crippen molar-refractivity contribution in [1.29, 1.82) is 0 Å². The third-order valence-corrected chi connectivity index (χ3v) is 3.53. The predicted molar refractivity (Wildman–Crippen MR) is 87.8 cm³/mol. The molecule has 0 saturated heterocycles. The number of carbonyl (C=O) groups excluding carboxylic acids is 1. The zero-order valence-electron chi connectivity index (χ0n) is 13.4. The molecule has 0 aliphatic heterocycles. The number of ether oxygens (including phenoxy) is 1. The lowest BCUT2D eigenvalue weighted by atomic mass is 10.1. The van der Waals surface area contributed by atoms with E-state index >= 15 is 0 Å². The number of benzene rings is 1. The Morgan fingerprint density at radius 2 is 2.04 bits per heavy atom. The molecule has 23 heavy (non-hydrogen) atoms. The number of unbranched alkanes of at least 4 members (excludes halogenated alkanes) is 4. The smallest absolute Gasteiger partial charge is 0.287 e. The molecule has 1 heterocycles. The van der Waals surface area contributed by atoms with Gasteiger partial charge in [-0.25, -0.2) is 5.84 Å². The Balaban J connectivity index is 2.00. The standard InChI is InChI=1S/C17H23N3O3/c1-2-3-4-5-8-11-22-15-10-7-6-9-13(15)16-12-14(20-23-16)17(21)19-18/h6-7,9-10,12H,2-5,8,11,18H2,1H3,(H,19,21). The van der Waals surface area contributed by atoms with Gasteiger partial charge in [0.25, 0.3) is 5.91 Å². The number of hydrogen-bond donors (Lipinski definition) is 2. The molecule has 1 amide bonds. The highest BCUT2D eigenvalue weighted by molar-refractivity contribution is 5.92. The van der Waals surface area contributed by atoms with Gasteiger partial charge in [0.1, 0.15) is 5.75 Å². The number of rotatable bonds is 9. The normalized spacial score (nSPS) is 10.5. The molecule has 0 fully saturated rings. The van der Waals surface area contributed by atoms with Crippen LogP contribution in [0.2, 0.25) is 0 Å². The Kier molecular flexibility index (Phi) is 6.62. The molecular weight excluding hydrogens is 294 g/mol. The van der Waals surface area contributed by atoms with Crippen LogP contribution in [0, 0.1) is 0 Å². The number of para-hydroxylation sites is 1. The summed E-state index contributed by atoms with van der Waals surface area (Å²) in [6.45, 7) is 2.86. The first-order valence-corrected chi connectivity index (χ1v) is 7.96. The molecule has 0 bridgehead atoms. The first kappa shape index (κ1) is 17.0. The SMILES string of the molecule is CCCCCCCOc1ccccc1-c1cc(C(=O)NN)no1. The molecule has 0 spiro atoms. The van der Waals surface area contributed by atoms with Crippen molar-refractivity contribution in [3.05, 3.63) is 36.0 Å². The third kappa shape index (κ3) is 4.82. The average molecular weight is 317 g/mol. The number of carbonyl (C=O) groups is 1. The Morgan fingerprint density at radius 1 is 1.26 bits per heavy atom. The van der Waals surface area contributed by atoms with Crippen molar-refractivity contribution in [1.82, 2.24) is 10.6 Å². The molecular formula is C17H23N3O3. The lowest BCUT2D eigenvalue weighted by Gasteiger charge is -2.09. The van der Waals surface area contributed by atoms with E-state index in [2.05, 4.69) is 12.1 Å². The van der Waals surface area contributed by atoms with Crippen LogP contribution in [0.1, 0.15) is 49.5 Å². The van der Waals surface area contributed by atoms with Crippen LogP contribution in [0.15, 0.2) is 34.9 Å². The summed E-state index contributed by atoms with van der Waals surface area (Å²) in [5.74, 6) is 5.80. The fourth-order valence-electron chi connectivity index (χ4n) is 2.27. The van der Waals surface area contributed by atoms with E-state index in [0.717, 1.165) is 17.7 Å². The minimum Gasteiger partial charge on any atom is -0.493 e. The molecule has 0 atom stereocenters. The number of hydrogen-bond acceptors (Lipinski definition) is 5. The highest BCUT2D eigenvalue weighted by Gasteiger charge is 2.15. The van der Waals surface area contributed by atoms with Crippen LogP contribution in [-0.4, -0.2) is 17.7 Å². The predicted octanol–water partition coefficient (Wildman–Crippen LogP) is 3.29. The van der Waals surface area contributed by atoms with Crippen molar-refractivity contribution < 1.29 is 14.1 Å². The molecule has 2 aromatic rings. The summed E-state index contributed by atoms with van der Waals surface area (Å²) >= 11 is 0. The van der Waals surface area contributed by atoms with Crippen molar-refractivity contribution in [3.63, 3.8) is 0 Å². The molecule has 1 aromatic carbocycles. The van der Waals surface area contributed by atoms with Gasteiger partial charge in [-0.1, -0.05) is 49.9 Å². The van der Waals surface area contributed by atoms with Gasteiger partial charge in [0.15, 0.2) is 11.5 Å². The number of aromatic nitrogens is 1. The van der Waals surface area contributed by atoms with Gasteiger partial charge in [-0.2, -0.15) is 0 Å². The fraction of sp³-hybridized carbons (Fsp3) is 0.412. The maximum atomic E-state index is 11.5. The second kappa shape index (κ2) is 8.95. The van der Waals surface area contributed by atoms with Crippen molar-refractivity contribution >= 4 is 5.91 Å². The molecule has 2 rings (SSSR count). The van der Waals surface area contributed by atoms with Gasteiger partial charge in [0.2, 0.25) is 0 Å². The molecule has 0 radical (unpaired) electrons. The lowest BCUT2D eigenvalue weighted by Crippen LogP contribution is -2.30. The van der Waals surface area contributed by atoms with Crippen molar-refractivity contribution in [3.8, 4) is 17.1 Å². The van der Waals surface area contributed by atoms with Crippen molar-refractivity contribution in [2.75, 3.05) is 6.61 Å². The van der Waals surface area contributed by atoms with E-state index in [1.165, 1.54) is 25.7 Å². The van der Waals surface area contributed by atoms with E-state index in [1.807, 2.05) is 29.7 Å². The quantitative estimate of drug-likeness (QED) is 0.320. The second-order valence-electron chi connectivity index (χ2n) is 5.31. The minimum absolute atomic E-state index is 0.136. The van der Waals surface area contributed by atoms with Crippen molar-refractivity contribution in [2.45, 2.75) is 39.0 Å². The molecule has 1 aromatic heterocycles. The lowest BCUT2D eigenvalue weighted by molar-refractivity contribution is 0.0944. The minimum atomic E-state index is -0.491. The molecule has 6 heteroatoms. The Labute approximate surface area is 136 Å². The van der Waals surface area contributed by atoms with Crippen LogP contribution in [0.4, 0.5) is 0 Å². The Bertz CT molecular complexity index is 625. The van der Waals surface area contributed by atoms with Crippen LogP contribution in [0.5, 0.6) is 5.75 Å². The molecule has 0 unspecified atom stereocenters. The van der Waals surface area contributed by atoms with Crippen LogP contribution >= 0.6 is 0 Å². The Morgan fingerprint density at radius 3 is 2.83 bits per heavy atom. The zero-order valence-corrected chi connectivity index (χ0v) is 13.4. The van der Waals surface area contributed by atoms with Crippen LogP contribution in [0.3, 0.4) is 0 Å². The van der Waals surface area contributed by atoms with Gasteiger partial charge in [-0.3, -0.25) is 10.2 Å². The maximum absolute atomic E-state index is 11.5. The van der Waals surface area contributed by atoms with E-state index in [9.17, 15) is 4.79 Å². The topological polar surface area (TPSA) is 90.4 Å². The van der Waals surface area contributed by atoms with Crippen LogP contribution in [-0.2, 0) is 0 Å². The van der Waals surface area contributed by atoms with Gasteiger partial charge >= 0.3 is 0 Å². The molecule has 6 nitrogen and oxygen atoms in total. The van der Waals surface area contributed by atoms with Gasteiger partial charge in [0.05, 0.1) is 12.2 Å². The third-order valence-electron chi connectivity index (χ3n) is 3.53. The molecule has 0 aliphatic rings. The summed E-state index contributed by atoms with van der Waals surface area (Å²) in [4.78, 5) is 11.5. The summed E-state index contributed by atoms with van der Waals surface area (Å²) in [6.07, 6.45) is 5.92. The average Bonchev–Trinajstić information content (AvgIpc) is 3.07. The zero-order chi connectivity index (χ0) is 16.5. The first-order chi connectivity index (χ1) is 11.3. The monoisotopic (exact) mass is 317 g/mol. The summed E-state index contributed by atoms with van der Waals surface area (Å²) in [6, 6.07) is 9.09. The molecule has 3 N–H and O–H groups in total. The summed E-state index contributed by atoms with van der Waals surface area (Å²) < 4.78 is 11.1. The summed E-state index contributed by atoms with van der Waals surface area (Å²) in [5, 5.41) is 3.71. The number of hydrazine groups is 1. The van der Waals surface area contributed by atoms with E-state index in [1.54, 1.807) is 6.07 Å². The Hall–Kier alpha value is -2.34. The van der Waals surface area contributed by atoms with Gasteiger partial charge in [-0.05, 0) is 18.6 Å². The summed E-state index contributed by atoms with van der Waals surface area (Å²) in [5.41, 5.74) is 2.93. The summed E-state index contributed by atoms with van der Waals surface area (Å²) in [7, 11) is 0. The van der Waals surface area contributed by atoms with E-state index in [4.69, 9.17) is 15.1 Å². The number of nitrogen functional groups attached to an aromatic ring is 1. The number of nitrogens with zero attached hydrogens (tertiary/aromatic N) is 1. The van der Waals surface area contributed by atoms with Crippen LogP contribution in [0.25, 0.3) is 11.3 Å².